The molecule has 0 saturated heterocycles. The number of halogens is 1. The second kappa shape index (κ2) is 15.3. The number of likely N-dealkylation sites (N-methyl/N-ethyl adjacent to an activating group) is 2. The maximum absolute atomic E-state index is 12.4. The van der Waals surface area contributed by atoms with Crippen LogP contribution in [0.15, 0.2) is 47.6 Å². The number of carbonyl (C=O) groups excluding carboxylic acids is 1. The first-order valence-corrected chi connectivity index (χ1v) is 11.1. The van der Waals surface area contributed by atoms with Gasteiger partial charge in [-0.1, -0.05) is 18.2 Å². The Morgan fingerprint density at radius 1 is 1.06 bits per heavy atom. The molecule has 1 aromatic heterocycles. The van der Waals surface area contributed by atoms with E-state index >= 15 is 0 Å². The minimum Gasteiger partial charge on any atom is -0.490 e. The Kier molecular flexibility index (Phi) is 13.2. The zero-order chi connectivity index (χ0) is 23.3. The molecule has 1 N–H and O–H groups in total. The number of ether oxygens (including phenoxy) is 2. The number of hydrogen-bond acceptors (Lipinski definition) is 5. The number of amides is 1. The van der Waals surface area contributed by atoms with Crippen LogP contribution in [0, 0.1) is 0 Å². The van der Waals surface area contributed by atoms with E-state index in [1.54, 1.807) is 6.20 Å². The zero-order valence-electron chi connectivity index (χ0n) is 20.2. The van der Waals surface area contributed by atoms with Crippen LogP contribution in [0.3, 0.4) is 0 Å². The van der Waals surface area contributed by atoms with Crippen molar-refractivity contribution in [1.29, 1.82) is 0 Å². The fraction of sp³-hybridized carbons (Fsp3) is 0.458. The van der Waals surface area contributed by atoms with Crippen molar-refractivity contribution in [3.8, 4) is 17.4 Å². The van der Waals surface area contributed by atoms with Gasteiger partial charge in [0.25, 0.3) is 0 Å². The number of nitrogens with zero attached hydrogens (tertiary/aromatic N) is 4. The zero-order valence-corrected chi connectivity index (χ0v) is 22.5. The maximum Gasteiger partial charge on any atom is 0.242 e. The van der Waals surface area contributed by atoms with Crippen LogP contribution in [0.2, 0.25) is 0 Å². The van der Waals surface area contributed by atoms with Crippen LogP contribution < -0.4 is 14.8 Å². The molecule has 0 aliphatic heterocycles. The summed E-state index contributed by atoms with van der Waals surface area (Å²) in [6, 6.07) is 11.3. The number of benzene rings is 1. The van der Waals surface area contributed by atoms with E-state index in [0.717, 1.165) is 5.56 Å². The monoisotopic (exact) mass is 569 g/mol. The summed E-state index contributed by atoms with van der Waals surface area (Å²) in [6.45, 7) is 11.3. The number of guanidine groups is 1. The highest BCUT2D eigenvalue weighted by Gasteiger charge is 2.15. The molecule has 0 saturated carbocycles. The Morgan fingerprint density at radius 3 is 2.33 bits per heavy atom. The standard InChI is InChI=1S/C24H35N5O3.HI/c1-6-25-24(28(5)18-23(30)29(7-2)8-3)27-17-19-14-15-22(26-16-19)32-21-13-11-10-12-20(21)31-9-4;/h10-16H,6-9,17-18H2,1-5H3,(H,25,27);1H. The first-order valence-electron chi connectivity index (χ1n) is 11.1. The smallest absolute Gasteiger partial charge is 0.242 e. The van der Waals surface area contributed by atoms with Crippen molar-refractivity contribution in [2.45, 2.75) is 34.2 Å². The van der Waals surface area contributed by atoms with Crippen LogP contribution in [-0.4, -0.2) is 66.5 Å². The average molecular weight is 569 g/mol. The Hall–Kier alpha value is -2.56. The maximum atomic E-state index is 12.4. The van der Waals surface area contributed by atoms with Crippen LogP contribution in [-0.2, 0) is 11.3 Å². The summed E-state index contributed by atoms with van der Waals surface area (Å²) < 4.78 is 11.5. The Labute approximate surface area is 214 Å². The van der Waals surface area contributed by atoms with Gasteiger partial charge in [-0.05, 0) is 45.4 Å². The van der Waals surface area contributed by atoms with Crippen molar-refractivity contribution in [2.75, 3.05) is 39.8 Å². The molecule has 0 radical (unpaired) electrons. The first-order chi connectivity index (χ1) is 15.5. The number of rotatable bonds is 11. The lowest BCUT2D eigenvalue weighted by atomic mass is 10.3. The van der Waals surface area contributed by atoms with Crippen molar-refractivity contribution in [2.24, 2.45) is 4.99 Å². The van der Waals surface area contributed by atoms with Gasteiger partial charge >= 0.3 is 0 Å². The number of carbonyl (C=O) groups is 1. The van der Waals surface area contributed by atoms with Crippen molar-refractivity contribution in [3.63, 3.8) is 0 Å². The number of aromatic nitrogens is 1. The molecule has 0 bridgehead atoms. The third kappa shape index (κ3) is 9.07. The van der Waals surface area contributed by atoms with Crippen molar-refractivity contribution >= 4 is 35.8 Å². The van der Waals surface area contributed by atoms with Crippen molar-refractivity contribution in [3.05, 3.63) is 48.2 Å². The highest BCUT2D eigenvalue weighted by atomic mass is 127. The van der Waals surface area contributed by atoms with Gasteiger partial charge in [-0.15, -0.1) is 24.0 Å². The second-order valence-electron chi connectivity index (χ2n) is 7.08. The predicted octanol–water partition coefficient (Wildman–Crippen LogP) is 4.16. The van der Waals surface area contributed by atoms with Gasteiger partial charge < -0.3 is 24.6 Å². The lowest BCUT2D eigenvalue weighted by molar-refractivity contribution is -0.131. The highest BCUT2D eigenvalue weighted by Crippen LogP contribution is 2.30. The van der Waals surface area contributed by atoms with E-state index in [1.165, 1.54) is 0 Å². The molecule has 9 heteroatoms. The predicted molar refractivity (Wildman–Crippen MR) is 143 cm³/mol. The number of nitrogens with one attached hydrogen (secondary N) is 1. The molecule has 0 unspecified atom stereocenters. The van der Waals surface area contributed by atoms with E-state index < -0.39 is 0 Å². The third-order valence-corrected chi connectivity index (χ3v) is 4.76. The quantitative estimate of drug-likeness (QED) is 0.249. The lowest BCUT2D eigenvalue weighted by Crippen LogP contribution is -2.45. The summed E-state index contributed by atoms with van der Waals surface area (Å²) in [4.78, 5) is 25.1. The molecule has 1 aromatic carbocycles. The normalized spacial score (nSPS) is 10.8. The molecule has 1 heterocycles. The molecule has 33 heavy (non-hydrogen) atoms. The van der Waals surface area contributed by atoms with Gasteiger partial charge in [-0.25, -0.2) is 9.98 Å². The largest absolute Gasteiger partial charge is 0.490 e. The summed E-state index contributed by atoms with van der Waals surface area (Å²) in [7, 11) is 1.87. The van der Waals surface area contributed by atoms with Crippen LogP contribution in [0.4, 0.5) is 0 Å². The van der Waals surface area contributed by atoms with Crippen LogP contribution >= 0.6 is 24.0 Å². The molecule has 1 amide bonds. The lowest BCUT2D eigenvalue weighted by Gasteiger charge is -2.25. The average Bonchev–Trinajstić information content (AvgIpc) is 2.80. The van der Waals surface area contributed by atoms with Gasteiger partial charge in [0, 0.05) is 38.9 Å². The van der Waals surface area contributed by atoms with Gasteiger partial charge in [0.15, 0.2) is 17.5 Å². The van der Waals surface area contributed by atoms with Gasteiger partial charge in [-0.3, -0.25) is 4.79 Å². The van der Waals surface area contributed by atoms with Crippen LogP contribution in [0.1, 0.15) is 33.3 Å². The Morgan fingerprint density at radius 2 is 1.76 bits per heavy atom. The number of para-hydroxylation sites is 2. The van der Waals surface area contributed by atoms with Gasteiger partial charge in [0.05, 0.1) is 19.7 Å². The molecular formula is C24H36IN5O3. The first kappa shape index (κ1) is 28.5. The summed E-state index contributed by atoms with van der Waals surface area (Å²) in [5.41, 5.74) is 0.939. The van der Waals surface area contributed by atoms with Gasteiger partial charge in [-0.2, -0.15) is 0 Å². The van der Waals surface area contributed by atoms with E-state index in [2.05, 4.69) is 15.3 Å². The summed E-state index contributed by atoms with van der Waals surface area (Å²) >= 11 is 0. The molecule has 0 aliphatic carbocycles. The fourth-order valence-corrected chi connectivity index (χ4v) is 3.08. The molecule has 2 rings (SSSR count). The topological polar surface area (TPSA) is 79.3 Å². The summed E-state index contributed by atoms with van der Waals surface area (Å²) in [6.07, 6.45) is 1.74. The van der Waals surface area contributed by atoms with Gasteiger partial charge in [0.1, 0.15) is 0 Å². The van der Waals surface area contributed by atoms with E-state index in [0.29, 0.717) is 56.1 Å². The fourth-order valence-electron chi connectivity index (χ4n) is 3.08. The number of hydrogen-bond donors (Lipinski definition) is 1. The van der Waals surface area contributed by atoms with E-state index in [1.807, 2.05) is 80.9 Å². The van der Waals surface area contributed by atoms with E-state index in [9.17, 15) is 4.79 Å². The molecule has 8 nitrogen and oxygen atoms in total. The number of aliphatic imine (C=N–C) groups is 1. The molecule has 0 aliphatic rings. The molecule has 0 spiro atoms. The molecule has 0 fully saturated rings. The SMILES string of the molecule is CCNC(=NCc1ccc(Oc2ccccc2OCC)nc1)N(C)CC(=O)N(CC)CC.I. The highest BCUT2D eigenvalue weighted by molar-refractivity contribution is 14.0. The van der Waals surface area contributed by atoms with Crippen LogP contribution in [0.25, 0.3) is 0 Å². The second-order valence-corrected chi connectivity index (χ2v) is 7.08. The molecule has 2 aromatic rings. The molecular weight excluding hydrogens is 533 g/mol. The molecule has 0 atom stereocenters. The molecule has 182 valence electrons. The Bertz CT molecular complexity index is 873. The minimum atomic E-state index is 0. The Balaban J connectivity index is 0.00000544. The summed E-state index contributed by atoms with van der Waals surface area (Å²) in [5, 5.41) is 3.24. The van der Waals surface area contributed by atoms with Crippen molar-refractivity contribution in [1.82, 2.24) is 20.1 Å². The van der Waals surface area contributed by atoms with Gasteiger partial charge in [0.2, 0.25) is 11.8 Å². The van der Waals surface area contributed by atoms with Crippen molar-refractivity contribution < 1.29 is 14.3 Å². The third-order valence-electron chi connectivity index (χ3n) is 4.76. The number of pyridine rings is 1. The summed E-state index contributed by atoms with van der Waals surface area (Å²) in [5.74, 6) is 2.56. The van der Waals surface area contributed by atoms with E-state index in [4.69, 9.17) is 9.47 Å². The van der Waals surface area contributed by atoms with Crippen LogP contribution in [0.5, 0.6) is 17.4 Å². The minimum absolute atomic E-state index is 0. The van der Waals surface area contributed by atoms with E-state index in [-0.39, 0.29) is 36.4 Å².